The molecule has 1 fully saturated rings. The van der Waals surface area contributed by atoms with Crippen LogP contribution in [0.3, 0.4) is 0 Å². The van der Waals surface area contributed by atoms with Gasteiger partial charge in [-0.15, -0.1) is 5.10 Å². The van der Waals surface area contributed by atoms with E-state index in [0.717, 1.165) is 35.7 Å². The van der Waals surface area contributed by atoms with Gasteiger partial charge in [-0.2, -0.15) is 0 Å². The van der Waals surface area contributed by atoms with Crippen LogP contribution in [0.4, 0.5) is 0 Å². The molecule has 1 aliphatic carbocycles. The topological polar surface area (TPSA) is 59.8 Å². The van der Waals surface area contributed by atoms with Crippen molar-refractivity contribution in [2.45, 2.75) is 52.5 Å². The van der Waals surface area contributed by atoms with E-state index in [1.165, 1.54) is 12.8 Å². The third-order valence-corrected chi connectivity index (χ3v) is 5.27. The Morgan fingerprint density at radius 2 is 1.96 bits per heavy atom. The van der Waals surface area contributed by atoms with Gasteiger partial charge in [0.1, 0.15) is 0 Å². The maximum absolute atomic E-state index is 12.5. The summed E-state index contributed by atoms with van der Waals surface area (Å²) in [4.78, 5) is 12.5. The maximum atomic E-state index is 12.5. The molecule has 1 heterocycles. The molecule has 0 saturated heterocycles. The smallest absolute Gasteiger partial charge is 0.273 e. The first-order valence-electron chi connectivity index (χ1n) is 8.45. The van der Waals surface area contributed by atoms with Gasteiger partial charge in [0, 0.05) is 11.1 Å². The standard InChI is InChI=1S/C18H23ClN4O/c1-11-4-7-14(8-5-11)20-18(24)17-13(3)23(22-21-17)15-9-6-12(2)16(19)10-15/h6,9-11,14H,4-5,7-8H2,1-3H3,(H,20,24). The SMILES string of the molecule is Cc1ccc(-n2nnc(C(=O)NC3CCC(C)CC3)c2C)cc1Cl. The molecule has 2 aromatic rings. The Bertz CT molecular complexity index is 747. The predicted octanol–water partition coefficient (Wildman–Crippen LogP) is 3.85. The molecule has 1 N–H and O–H groups in total. The Kier molecular flexibility index (Phi) is 4.90. The van der Waals surface area contributed by atoms with Gasteiger partial charge in [0.25, 0.3) is 5.91 Å². The van der Waals surface area contributed by atoms with Gasteiger partial charge in [-0.3, -0.25) is 4.79 Å². The lowest BCUT2D eigenvalue weighted by Gasteiger charge is -2.26. The van der Waals surface area contributed by atoms with Crippen LogP contribution in [0.1, 0.15) is 54.4 Å². The lowest BCUT2D eigenvalue weighted by atomic mass is 9.87. The number of benzene rings is 1. The summed E-state index contributed by atoms with van der Waals surface area (Å²) in [6, 6.07) is 5.93. The van der Waals surface area contributed by atoms with Gasteiger partial charge in [0.2, 0.25) is 0 Å². The Hall–Kier alpha value is -1.88. The van der Waals surface area contributed by atoms with Gasteiger partial charge in [0.05, 0.1) is 11.4 Å². The van der Waals surface area contributed by atoms with Gasteiger partial charge in [0.15, 0.2) is 5.69 Å². The van der Waals surface area contributed by atoms with E-state index in [-0.39, 0.29) is 11.9 Å². The zero-order valence-corrected chi connectivity index (χ0v) is 15.1. The van der Waals surface area contributed by atoms with Crippen LogP contribution >= 0.6 is 11.6 Å². The Balaban J connectivity index is 1.76. The van der Waals surface area contributed by atoms with Crippen LogP contribution in [0.25, 0.3) is 5.69 Å². The van der Waals surface area contributed by atoms with Crippen LogP contribution in [-0.4, -0.2) is 26.9 Å². The molecule has 6 heteroatoms. The highest BCUT2D eigenvalue weighted by atomic mass is 35.5. The lowest BCUT2D eigenvalue weighted by molar-refractivity contribution is 0.0917. The number of aromatic nitrogens is 3. The van der Waals surface area contributed by atoms with E-state index in [1.807, 2.05) is 32.0 Å². The summed E-state index contributed by atoms with van der Waals surface area (Å²) in [5.41, 5.74) is 2.91. The molecule has 0 bridgehead atoms. The minimum absolute atomic E-state index is 0.142. The number of halogens is 1. The Morgan fingerprint density at radius 3 is 2.62 bits per heavy atom. The van der Waals surface area contributed by atoms with Crippen LogP contribution in [-0.2, 0) is 0 Å². The van der Waals surface area contributed by atoms with Gasteiger partial charge >= 0.3 is 0 Å². The average Bonchev–Trinajstić information content (AvgIpc) is 2.94. The summed E-state index contributed by atoms with van der Waals surface area (Å²) in [6.45, 7) is 6.07. The highest BCUT2D eigenvalue weighted by molar-refractivity contribution is 6.31. The molecule has 1 amide bonds. The van der Waals surface area contributed by atoms with Crippen molar-refractivity contribution >= 4 is 17.5 Å². The van der Waals surface area contributed by atoms with Crippen molar-refractivity contribution in [3.63, 3.8) is 0 Å². The highest BCUT2D eigenvalue weighted by Crippen LogP contribution is 2.24. The zero-order valence-electron chi connectivity index (χ0n) is 14.3. The van der Waals surface area contributed by atoms with Gasteiger partial charge in [-0.05, 0) is 63.1 Å². The van der Waals surface area contributed by atoms with E-state index >= 15 is 0 Å². The summed E-state index contributed by atoms with van der Waals surface area (Å²) in [5, 5.41) is 12.0. The lowest BCUT2D eigenvalue weighted by Crippen LogP contribution is -2.37. The zero-order chi connectivity index (χ0) is 17.3. The van der Waals surface area contributed by atoms with Crippen molar-refractivity contribution in [3.8, 4) is 5.69 Å². The number of aryl methyl sites for hydroxylation is 1. The van der Waals surface area contributed by atoms with Crippen molar-refractivity contribution in [2.24, 2.45) is 5.92 Å². The molecule has 128 valence electrons. The molecule has 5 nitrogen and oxygen atoms in total. The molecule has 1 saturated carbocycles. The van der Waals surface area contributed by atoms with E-state index in [0.29, 0.717) is 10.7 Å². The van der Waals surface area contributed by atoms with E-state index in [1.54, 1.807) is 4.68 Å². The first-order valence-corrected chi connectivity index (χ1v) is 8.83. The summed E-state index contributed by atoms with van der Waals surface area (Å²) in [7, 11) is 0. The quantitative estimate of drug-likeness (QED) is 0.918. The molecule has 1 aromatic heterocycles. The van der Waals surface area contributed by atoms with Crippen LogP contribution in [0.2, 0.25) is 5.02 Å². The Morgan fingerprint density at radius 1 is 1.25 bits per heavy atom. The predicted molar refractivity (Wildman–Crippen MR) is 94.7 cm³/mol. The van der Waals surface area contributed by atoms with Crippen molar-refractivity contribution < 1.29 is 4.79 Å². The molecular weight excluding hydrogens is 324 g/mol. The van der Waals surface area contributed by atoms with Crippen molar-refractivity contribution in [1.82, 2.24) is 20.3 Å². The minimum Gasteiger partial charge on any atom is -0.348 e. The van der Waals surface area contributed by atoms with Crippen LogP contribution in [0.5, 0.6) is 0 Å². The van der Waals surface area contributed by atoms with Gasteiger partial charge in [-0.25, -0.2) is 4.68 Å². The number of carbonyl (C=O) groups excluding carboxylic acids is 1. The second kappa shape index (κ2) is 6.93. The van der Waals surface area contributed by atoms with E-state index < -0.39 is 0 Å². The normalized spacial score (nSPS) is 20.8. The maximum Gasteiger partial charge on any atom is 0.273 e. The third kappa shape index (κ3) is 3.46. The second-order valence-electron chi connectivity index (χ2n) is 6.80. The van der Waals surface area contributed by atoms with Gasteiger partial charge in [-0.1, -0.05) is 29.8 Å². The fourth-order valence-electron chi connectivity index (χ4n) is 3.16. The molecular formula is C18H23ClN4O. The van der Waals surface area contributed by atoms with E-state index in [4.69, 9.17) is 11.6 Å². The average molecular weight is 347 g/mol. The minimum atomic E-state index is -0.142. The number of rotatable bonds is 3. The summed E-state index contributed by atoms with van der Waals surface area (Å²) in [6.07, 6.45) is 4.40. The summed E-state index contributed by atoms with van der Waals surface area (Å²) in [5.74, 6) is 0.614. The van der Waals surface area contributed by atoms with Crippen LogP contribution < -0.4 is 5.32 Å². The summed E-state index contributed by atoms with van der Waals surface area (Å²) >= 11 is 6.19. The molecule has 1 aliphatic rings. The van der Waals surface area contributed by atoms with Gasteiger partial charge < -0.3 is 5.32 Å². The van der Waals surface area contributed by atoms with Crippen molar-refractivity contribution in [1.29, 1.82) is 0 Å². The number of amides is 1. The Labute approximate surface area is 147 Å². The molecule has 3 rings (SSSR count). The van der Waals surface area contributed by atoms with E-state index in [9.17, 15) is 4.79 Å². The monoisotopic (exact) mass is 346 g/mol. The number of carbonyl (C=O) groups is 1. The molecule has 0 aliphatic heterocycles. The molecule has 0 radical (unpaired) electrons. The molecule has 24 heavy (non-hydrogen) atoms. The molecule has 0 unspecified atom stereocenters. The number of nitrogens with zero attached hydrogens (tertiary/aromatic N) is 3. The highest BCUT2D eigenvalue weighted by Gasteiger charge is 2.23. The summed E-state index contributed by atoms with van der Waals surface area (Å²) < 4.78 is 1.66. The number of hydrogen-bond donors (Lipinski definition) is 1. The third-order valence-electron chi connectivity index (χ3n) is 4.86. The van der Waals surface area contributed by atoms with Crippen LogP contribution in [0, 0.1) is 19.8 Å². The number of nitrogens with one attached hydrogen (secondary N) is 1. The fourth-order valence-corrected chi connectivity index (χ4v) is 3.33. The van der Waals surface area contributed by atoms with Crippen molar-refractivity contribution in [3.05, 3.63) is 40.2 Å². The number of hydrogen-bond acceptors (Lipinski definition) is 3. The van der Waals surface area contributed by atoms with Crippen LogP contribution in [0.15, 0.2) is 18.2 Å². The largest absolute Gasteiger partial charge is 0.348 e. The molecule has 0 atom stereocenters. The van der Waals surface area contributed by atoms with Crippen molar-refractivity contribution in [2.75, 3.05) is 0 Å². The fraction of sp³-hybridized carbons (Fsp3) is 0.500. The van der Waals surface area contributed by atoms with E-state index in [2.05, 4.69) is 22.6 Å². The molecule has 0 spiro atoms. The second-order valence-corrected chi connectivity index (χ2v) is 7.21. The first kappa shape index (κ1) is 17.0. The first-order chi connectivity index (χ1) is 11.5. The molecule has 1 aromatic carbocycles.